The van der Waals surface area contributed by atoms with Crippen molar-refractivity contribution in [2.24, 2.45) is 0 Å². The molecule has 0 aromatic rings. The maximum Gasteiger partial charge on any atom is 0.459 e. The Kier molecular flexibility index (Phi) is 6.31. The van der Waals surface area contributed by atoms with Gasteiger partial charge in [-0.1, -0.05) is 0 Å². The van der Waals surface area contributed by atoms with Gasteiger partial charge in [0.05, 0.1) is 13.2 Å². The first kappa shape index (κ1) is 24.7. The summed E-state index contributed by atoms with van der Waals surface area (Å²) in [7, 11) is 0. The molecule has 0 aliphatic carbocycles. The lowest BCUT2D eigenvalue weighted by atomic mass is 10.1. The normalized spacial score (nSPS) is 20.8. The van der Waals surface area contributed by atoms with Crippen molar-refractivity contribution in [2.75, 3.05) is 26.3 Å². The number of ether oxygens (including phenoxy) is 2. The summed E-state index contributed by atoms with van der Waals surface area (Å²) in [5.41, 5.74) is 0. The third-order valence-electron chi connectivity index (χ3n) is 3.43. The predicted molar refractivity (Wildman–Crippen MR) is 59.3 cm³/mol. The van der Waals surface area contributed by atoms with Crippen LogP contribution in [0.25, 0.3) is 0 Å². The Morgan fingerprint density at radius 1 is 0.786 bits per heavy atom. The van der Waals surface area contributed by atoms with E-state index in [9.17, 15) is 61.9 Å². The van der Waals surface area contributed by atoms with Crippen LogP contribution < -0.4 is 0 Å². The van der Waals surface area contributed by atoms with Gasteiger partial charge in [-0.3, -0.25) is 9.53 Å². The highest BCUT2D eigenvalue weighted by molar-refractivity contribution is 5.77. The number of alkyl halides is 12. The van der Waals surface area contributed by atoms with Gasteiger partial charge < -0.3 is 4.74 Å². The van der Waals surface area contributed by atoms with E-state index in [-0.39, 0.29) is 0 Å². The van der Waals surface area contributed by atoms with E-state index in [2.05, 4.69) is 4.74 Å². The molecule has 28 heavy (non-hydrogen) atoms. The molecule has 0 spiro atoms. The second-order valence-electron chi connectivity index (χ2n) is 5.28. The molecule has 0 N–H and O–H groups in total. The van der Waals surface area contributed by atoms with Gasteiger partial charge in [-0.25, -0.2) is 4.90 Å². The van der Waals surface area contributed by atoms with Gasteiger partial charge in [0.2, 0.25) is 0 Å². The van der Waals surface area contributed by atoms with E-state index in [1.807, 2.05) is 0 Å². The van der Waals surface area contributed by atoms with Crippen molar-refractivity contribution in [3.63, 3.8) is 0 Å². The number of morpholine rings is 1. The lowest BCUT2D eigenvalue weighted by molar-refractivity contribution is -0.482. The molecule has 0 aromatic heterocycles. The summed E-state index contributed by atoms with van der Waals surface area (Å²) < 4.78 is 176. The maximum atomic E-state index is 13.7. The highest BCUT2D eigenvalue weighted by atomic mass is 19.4. The molecule has 1 fully saturated rings. The summed E-state index contributed by atoms with van der Waals surface area (Å²) in [5, 5.41) is 0. The Hall–Kier alpha value is -1.36. The number of rotatable bonds is 7. The molecule has 1 saturated heterocycles. The van der Waals surface area contributed by atoms with Crippen molar-refractivity contribution in [1.82, 2.24) is 4.90 Å². The Labute approximate surface area is 146 Å². The Bertz CT molecular complexity index is 587. The van der Waals surface area contributed by atoms with E-state index >= 15 is 0 Å². The highest BCUT2D eigenvalue weighted by Crippen LogP contribution is 2.56. The molecule has 0 radical (unpaired) electrons. The number of nitrogens with zero attached hydrogens (tertiary/aromatic N) is 1. The van der Waals surface area contributed by atoms with Crippen molar-refractivity contribution in [1.29, 1.82) is 0 Å². The molecule has 1 rings (SSSR count). The molecule has 1 unspecified atom stereocenters. The fourth-order valence-corrected chi connectivity index (χ4v) is 1.86. The Balaban J connectivity index is 3.34. The summed E-state index contributed by atoms with van der Waals surface area (Å²) in [4.78, 5) is 9.25. The van der Waals surface area contributed by atoms with Crippen molar-refractivity contribution in [2.45, 2.75) is 36.0 Å². The fourth-order valence-electron chi connectivity index (χ4n) is 1.86. The SMILES string of the molecule is O=C(F)C(F)(OC(F)(F)C(F)(F)C(F)(F)C(F)(F)N1CCOCC1)C(F)(F)F. The van der Waals surface area contributed by atoms with Gasteiger partial charge in [0.1, 0.15) is 0 Å². The molecule has 17 heteroatoms. The second-order valence-corrected chi connectivity index (χ2v) is 5.28. The molecular weight excluding hydrogens is 441 g/mol. The van der Waals surface area contributed by atoms with Crippen LogP contribution in [-0.2, 0) is 14.3 Å². The van der Waals surface area contributed by atoms with Crippen LogP contribution in [-0.4, -0.2) is 73.3 Å². The van der Waals surface area contributed by atoms with Crippen LogP contribution >= 0.6 is 0 Å². The standard InChI is InChI=1S/C11H8F13NO3/c12-5(26)6(13,9(18,19)20)28-11(23,24)8(16,17)7(14,15)10(21,22)25-1-3-27-4-2-25/h1-4H2. The van der Waals surface area contributed by atoms with Crippen LogP contribution in [0.15, 0.2) is 0 Å². The molecule has 0 saturated carbocycles. The molecule has 0 bridgehead atoms. The van der Waals surface area contributed by atoms with Crippen LogP contribution in [0, 0.1) is 0 Å². The van der Waals surface area contributed by atoms with E-state index in [0.717, 1.165) is 0 Å². The molecule has 1 aliphatic heterocycles. The quantitative estimate of drug-likeness (QED) is 0.339. The highest BCUT2D eigenvalue weighted by Gasteiger charge is 2.85. The van der Waals surface area contributed by atoms with Crippen molar-refractivity contribution < 1.29 is 71.3 Å². The number of halogens is 13. The molecule has 1 aliphatic rings. The van der Waals surface area contributed by atoms with E-state index in [4.69, 9.17) is 0 Å². The van der Waals surface area contributed by atoms with Gasteiger partial charge in [-0.05, 0) is 0 Å². The summed E-state index contributed by atoms with van der Waals surface area (Å²) in [6, 6.07) is -10.6. The molecule has 0 aromatic carbocycles. The molecule has 0 amide bonds. The third kappa shape index (κ3) is 3.74. The van der Waals surface area contributed by atoms with E-state index in [1.165, 1.54) is 0 Å². The van der Waals surface area contributed by atoms with Gasteiger partial charge in [-0.2, -0.15) is 57.1 Å². The van der Waals surface area contributed by atoms with Crippen LogP contribution in [0.4, 0.5) is 57.1 Å². The zero-order valence-corrected chi connectivity index (χ0v) is 12.9. The van der Waals surface area contributed by atoms with Crippen LogP contribution in [0.1, 0.15) is 0 Å². The minimum absolute atomic E-state index is 0.720. The lowest BCUT2D eigenvalue weighted by Gasteiger charge is -2.42. The van der Waals surface area contributed by atoms with E-state index in [1.54, 1.807) is 4.74 Å². The van der Waals surface area contributed by atoms with Gasteiger partial charge in [0.25, 0.3) is 0 Å². The summed E-state index contributed by atoms with van der Waals surface area (Å²) in [6.45, 7) is -3.79. The Morgan fingerprint density at radius 3 is 1.57 bits per heavy atom. The Morgan fingerprint density at radius 2 is 1.21 bits per heavy atom. The largest absolute Gasteiger partial charge is 0.459 e. The van der Waals surface area contributed by atoms with Crippen molar-refractivity contribution in [3.05, 3.63) is 0 Å². The monoisotopic (exact) mass is 449 g/mol. The number of hydrogen-bond donors (Lipinski definition) is 0. The van der Waals surface area contributed by atoms with Crippen molar-refractivity contribution in [3.8, 4) is 0 Å². The average molecular weight is 449 g/mol. The van der Waals surface area contributed by atoms with Crippen molar-refractivity contribution >= 4 is 6.04 Å². The zero-order chi connectivity index (χ0) is 22.4. The number of carbonyl (C=O) groups is 1. The van der Waals surface area contributed by atoms with Crippen LogP contribution in [0.2, 0.25) is 0 Å². The first-order valence-corrected chi connectivity index (χ1v) is 6.75. The third-order valence-corrected chi connectivity index (χ3v) is 3.43. The minimum Gasteiger partial charge on any atom is -0.379 e. The number of hydrogen-bond acceptors (Lipinski definition) is 4. The van der Waals surface area contributed by atoms with Gasteiger partial charge in [0, 0.05) is 13.1 Å². The van der Waals surface area contributed by atoms with Crippen LogP contribution in [0.5, 0.6) is 0 Å². The van der Waals surface area contributed by atoms with E-state index < -0.39 is 73.3 Å². The summed E-state index contributed by atoms with van der Waals surface area (Å²) in [6.07, 6.45) is -14.5. The lowest BCUT2D eigenvalue weighted by Crippen LogP contribution is -2.70. The fraction of sp³-hybridized carbons (Fsp3) is 0.909. The molecule has 166 valence electrons. The van der Waals surface area contributed by atoms with Crippen LogP contribution in [0.3, 0.4) is 0 Å². The second kappa shape index (κ2) is 7.16. The van der Waals surface area contributed by atoms with E-state index in [0.29, 0.717) is 0 Å². The molecule has 4 nitrogen and oxygen atoms in total. The first-order chi connectivity index (χ1) is 12.3. The molecule has 1 heterocycles. The maximum absolute atomic E-state index is 13.7. The predicted octanol–water partition coefficient (Wildman–Crippen LogP) is 3.52. The first-order valence-electron chi connectivity index (χ1n) is 6.75. The summed E-state index contributed by atoms with van der Waals surface area (Å²) in [5.74, 6) is -21.5. The zero-order valence-electron chi connectivity index (χ0n) is 12.9. The smallest absolute Gasteiger partial charge is 0.379 e. The number of carbonyl (C=O) groups excluding carboxylic acids is 1. The average Bonchev–Trinajstić information content (AvgIpc) is 2.53. The minimum atomic E-state index is -7.54. The topological polar surface area (TPSA) is 38.8 Å². The van der Waals surface area contributed by atoms with Gasteiger partial charge in [-0.15, -0.1) is 0 Å². The van der Waals surface area contributed by atoms with Gasteiger partial charge >= 0.3 is 42.1 Å². The summed E-state index contributed by atoms with van der Waals surface area (Å²) >= 11 is 0. The molecule has 1 atom stereocenters. The van der Waals surface area contributed by atoms with Gasteiger partial charge in [0.15, 0.2) is 0 Å². The molecular formula is C11H8F13NO3.